The zero-order valence-electron chi connectivity index (χ0n) is 7.74. The third-order valence-electron chi connectivity index (χ3n) is 2.05. The monoisotopic (exact) mass is 176 g/mol. The Kier molecular flexibility index (Phi) is 2.88. The molecule has 0 saturated carbocycles. The maximum Gasteiger partial charge on any atom is 0.101 e. The lowest BCUT2D eigenvalue weighted by molar-refractivity contribution is 0.120. The Balaban J connectivity index is 3.17. The maximum absolute atomic E-state index is 8.73. The van der Waals surface area contributed by atoms with Gasteiger partial charge in [-0.05, 0) is 13.0 Å². The fourth-order valence-electron chi connectivity index (χ4n) is 1.16. The first-order valence-electron chi connectivity index (χ1n) is 4.02. The molecule has 3 nitrogen and oxygen atoms in total. The van der Waals surface area contributed by atoms with E-state index in [1.54, 1.807) is 19.2 Å². The van der Waals surface area contributed by atoms with E-state index in [0.29, 0.717) is 11.3 Å². The van der Waals surface area contributed by atoms with Crippen LogP contribution in [-0.4, -0.2) is 7.11 Å². The molecule has 1 unspecified atom stereocenters. The molecule has 0 aliphatic carbocycles. The van der Waals surface area contributed by atoms with Crippen LogP contribution in [0.3, 0.4) is 0 Å². The Hall–Kier alpha value is -1.53. The largest absolute Gasteiger partial charge is 0.397 e. The van der Waals surface area contributed by atoms with Gasteiger partial charge in [0, 0.05) is 12.7 Å². The first kappa shape index (κ1) is 9.56. The zero-order valence-corrected chi connectivity index (χ0v) is 7.74. The van der Waals surface area contributed by atoms with E-state index in [1.165, 1.54) is 0 Å². The van der Waals surface area contributed by atoms with E-state index in [-0.39, 0.29) is 6.10 Å². The smallest absolute Gasteiger partial charge is 0.101 e. The summed E-state index contributed by atoms with van der Waals surface area (Å²) in [5.74, 6) is 0. The van der Waals surface area contributed by atoms with Crippen molar-refractivity contribution in [3.8, 4) is 6.07 Å². The van der Waals surface area contributed by atoms with Gasteiger partial charge in [-0.1, -0.05) is 12.1 Å². The van der Waals surface area contributed by atoms with Crippen molar-refractivity contribution in [1.82, 2.24) is 0 Å². The van der Waals surface area contributed by atoms with Crippen LogP contribution in [0.5, 0.6) is 0 Å². The number of nitrogen functional groups attached to an aromatic ring is 1. The van der Waals surface area contributed by atoms with Gasteiger partial charge in [-0.15, -0.1) is 0 Å². The summed E-state index contributed by atoms with van der Waals surface area (Å²) in [7, 11) is 1.61. The predicted molar refractivity (Wildman–Crippen MR) is 51.0 cm³/mol. The third kappa shape index (κ3) is 1.79. The van der Waals surface area contributed by atoms with Crippen LogP contribution in [0.25, 0.3) is 0 Å². The molecule has 0 aliphatic rings. The van der Waals surface area contributed by atoms with Crippen molar-refractivity contribution in [3.63, 3.8) is 0 Å². The van der Waals surface area contributed by atoms with Crippen molar-refractivity contribution in [2.75, 3.05) is 12.8 Å². The van der Waals surface area contributed by atoms with Crippen LogP contribution in [0, 0.1) is 11.3 Å². The molecule has 1 aromatic carbocycles. The molecule has 0 fully saturated rings. The van der Waals surface area contributed by atoms with Crippen molar-refractivity contribution < 1.29 is 4.74 Å². The van der Waals surface area contributed by atoms with Crippen LogP contribution < -0.4 is 5.73 Å². The van der Waals surface area contributed by atoms with Crippen molar-refractivity contribution in [2.45, 2.75) is 13.0 Å². The molecule has 1 atom stereocenters. The number of nitrogens with zero attached hydrogens (tertiary/aromatic N) is 1. The highest BCUT2D eigenvalue weighted by molar-refractivity contribution is 5.59. The van der Waals surface area contributed by atoms with Crippen LogP contribution in [0.15, 0.2) is 18.2 Å². The first-order chi connectivity index (χ1) is 6.20. The van der Waals surface area contributed by atoms with E-state index in [1.807, 2.05) is 19.1 Å². The number of anilines is 1. The van der Waals surface area contributed by atoms with E-state index >= 15 is 0 Å². The highest BCUT2D eigenvalue weighted by atomic mass is 16.5. The molecule has 2 N–H and O–H groups in total. The van der Waals surface area contributed by atoms with Gasteiger partial charge in [-0.2, -0.15) is 5.26 Å². The van der Waals surface area contributed by atoms with E-state index in [2.05, 4.69) is 0 Å². The fraction of sp³-hybridized carbons (Fsp3) is 0.300. The Bertz CT molecular complexity index is 341. The number of hydrogen-bond donors (Lipinski definition) is 1. The molecule has 0 spiro atoms. The molecule has 0 heterocycles. The topological polar surface area (TPSA) is 59.0 Å². The SMILES string of the molecule is COC(C)c1cccc(C#N)c1N. The lowest BCUT2D eigenvalue weighted by Crippen LogP contribution is -2.02. The fourth-order valence-corrected chi connectivity index (χ4v) is 1.16. The van der Waals surface area contributed by atoms with Crippen molar-refractivity contribution in [1.29, 1.82) is 5.26 Å². The molecule has 0 aliphatic heterocycles. The molecule has 0 bridgehead atoms. The molecule has 0 radical (unpaired) electrons. The van der Waals surface area contributed by atoms with Gasteiger partial charge in [-0.25, -0.2) is 0 Å². The summed E-state index contributed by atoms with van der Waals surface area (Å²) in [5, 5.41) is 8.73. The second-order valence-electron chi connectivity index (χ2n) is 2.80. The summed E-state index contributed by atoms with van der Waals surface area (Å²) in [6.07, 6.45) is -0.0756. The number of nitriles is 1. The van der Waals surface area contributed by atoms with Crippen molar-refractivity contribution in [3.05, 3.63) is 29.3 Å². The molecule has 13 heavy (non-hydrogen) atoms. The van der Waals surface area contributed by atoms with Crippen LogP contribution in [0.2, 0.25) is 0 Å². The molecule has 1 rings (SSSR count). The second-order valence-corrected chi connectivity index (χ2v) is 2.80. The predicted octanol–water partition coefficient (Wildman–Crippen LogP) is 1.85. The van der Waals surface area contributed by atoms with Crippen molar-refractivity contribution >= 4 is 5.69 Å². The average Bonchev–Trinajstić information content (AvgIpc) is 2.17. The van der Waals surface area contributed by atoms with Gasteiger partial charge < -0.3 is 10.5 Å². The minimum atomic E-state index is -0.0756. The van der Waals surface area contributed by atoms with Gasteiger partial charge in [0.05, 0.1) is 17.4 Å². The number of rotatable bonds is 2. The standard InChI is InChI=1S/C10H12N2O/c1-7(13-2)9-5-3-4-8(6-11)10(9)12/h3-5,7H,12H2,1-2H3. The Morgan fingerprint density at radius 2 is 2.23 bits per heavy atom. The van der Waals surface area contributed by atoms with E-state index in [4.69, 9.17) is 15.7 Å². The molecule has 3 heteroatoms. The summed E-state index contributed by atoms with van der Waals surface area (Å²) in [6.45, 7) is 1.90. The molecular weight excluding hydrogens is 164 g/mol. The quantitative estimate of drug-likeness (QED) is 0.699. The molecule has 68 valence electrons. The number of hydrogen-bond acceptors (Lipinski definition) is 3. The summed E-state index contributed by atoms with van der Waals surface area (Å²) in [6, 6.07) is 7.40. The van der Waals surface area contributed by atoms with Crippen molar-refractivity contribution in [2.24, 2.45) is 0 Å². The molecular formula is C10H12N2O. The third-order valence-corrected chi connectivity index (χ3v) is 2.05. The Morgan fingerprint density at radius 1 is 1.54 bits per heavy atom. The number of ether oxygens (including phenoxy) is 1. The van der Waals surface area contributed by atoms with Gasteiger partial charge in [0.15, 0.2) is 0 Å². The number of methoxy groups -OCH3 is 1. The molecule has 0 amide bonds. The Labute approximate surface area is 77.7 Å². The summed E-state index contributed by atoms with van der Waals surface area (Å²) in [4.78, 5) is 0. The number of benzene rings is 1. The summed E-state index contributed by atoms with van der Waals surface area (Å²) in [5.41, 5.74) is 7.64. The summed E-state index contributed by atoms with van der Waals surface area (Å²) < 4.78 is 5.13. The van der Waals surface area contributed by atoms with Gasteiger partial charge in [-0.3, -0.25) is 0 Å². The normalized spacial score (nSPS) is 12.1. The van der Waals surface area contributed by atoms with Gasteiger partial charge in [0.1, 0.15) is 6.07 Å². The van der Waals surface area contributed by atoms with E-state index in [0.717, 1.165) is 5.56 Å². The van der Waals surface area contributed by atoms with Gasteiger partial charge >= 0.3 is 0 Å². The minimum absolute atomic E-state index is 0.0756. The first-order valence-corrected chi connectivity index (χ1v) is 4.02. The maximum atomic E-state index is 8.73. The molecule has 0 aromatic heterocycles. The van der Waals surface area contributed by atoms with Crippen LogP contribution >= 0.6 is 0 Å². The second kappa shape index (κ2) is 3.92. The Morgan fingerprint density at radius 3 is 2.77 bits per heavy atom. The average molecular weight is 176 g/mol. The van der Waals surface area contributed by atoms with Crippen LogP contribution in [0.1, 0.15) is 24.2 Å². The van der Waals surface area contributed by atoms with Crippen LogP contribution in [0.4, 0.5) is 5.69 Å². The highest BCUT2D eigenvalue weighted by Gasteiger charge is 2.09. The van der Waals surface area contributed by atoms with Crippen LogP contribution in [-0.2, 0) is 4.74 Å². The number of para-hydroxylation sites is 1. The minimum Gasteiger partial charge on any atom is -0.397 e. The summed E-state index contributed by atoms with van der Waals surface area (Å²) >= 11 is 0. The van der Waals surface area contributed by atoms with Gasteiger partial charge in [0.2, 0.25) is 0 Å². The molecule has 1 aromatic rings. The molecule has 0 saturated heterocycles. The lowest BCUT2D eigenvalue weighted by atomic mass is 10.0. The number of nitrogens with two attached hydrogens (primary N) is 1. The zero-order chi connectivity index (χ0) is 9.84. The van der Waals surface area contributed by atoms with Gasteiger partial charge in [0.25, 0.3) is 0 Å². The highest BCUT2D eigenvalue weighted by Crippen LogP contribution is 2.24. The lowest BCUT2D eigenvalue weighted by Gasteiger charge is -2.12. The van der Waals surface area contributed by atoms with E-state index < -0.39 is 0 Å². The van der Waals surface area contributed by atoms with E-state index in [9.17, 15) is 0 Å².